The van der Waals surface area contributed by atoms with Crippen molar-refractivity contribution in [2.75, 3.05) is 0 Å². The second-order valence-electron chi connectivity index (χ2n) is 12.8. The van der Waals surface area contributed by atoms with Crippen LogP contribution in [0.2, 0.25) is 0 Å². The highest BCUT2D eigenvalue weighted by molar-refractivity contribution is 6.22. The molecule has 0 aliphatic heterocycles. The van der Waals surface area contributed by atoms with Crippen LogP contribution in [0, 0.1) is 6.92 Å². The topological polar surface area (TPSA) is 17.8 Å². The number of aromatic nitrogens is 2. The van der Waals surface area contributed by atoms with Crippen LogP contribution in [-0.4, -0.2) is 9.55 Å². The van der Waals surface area contributed by atoms with Gasteiger partial charge in [0, 0.05) is 16.7 Å². The Bertz CT molecular complexity index is 2460. The van der Waals surface area contributed by atoms with Gasteiger partial charge in [-0.3, -0.25) is 4.57 Å². The summed E-state index contributed by atoms with van der Waals surface area (Å²) in [6.07, 6.45) is 0. The zero-order chi connectivity index (χ0) is 30.3. The van der Waals surface area contributed by atoms with Crippen LogP contribution in [0.1, 0.15) is 30.5 Å². The van der Waals surface area contributed by atoms with Crippen LogP contribution in [0.25, 0.3) is 71.9 Å². The molecule has 0 amide bonds. The first-order chi connectivity index (χ1) is 22.0. The summed E-state index contributed by atoms with van der Waals surface area (Å²) in [5.41, 5.74) is 13.6. The van der Waals surface area contributed by atoms with Gasteiger partial charge in [-0.15, -0.1) is 0 Å². The van der Waals surface area contributed by atoms with E-state index in [4.69, 9.17) is 4.98 Å². The molecule has 8 aromatic rings. The molecule has 1 aliphatic rings. The first-order valence-corrected chi connectivity index (χ1v) is 15.7. The SMILES string of the molecule is Cc1ccc2c(-c3nc4ccccc4n3-c3ccccc3)c3ccccc3c(-c3cccc4c3-c3ccccc3C4(C)C)c2c1. The van der Waals surface area contributed by atoms with Crippen LogP contribution in [0.4, 0.5) is 0 Å². The molecule has 0 unspecified atom stereocenters. The van der Waals surface area contributed by atoms with E-state index < -0.39 is 0 Å². The Hall–Kier alpha value is -5.47. The lowest BCUT2D eigenvalue weighted by atomic mass is 9.81. The van der Waals surface area contributed by atoms with E-state index in [0.29, 0.717) is 0 Å². The molecule has 1 aromatic heterocycles. The molecule has 0 N–H and O–H groups in total. The highest BCUT2D eigenvalue weighted by Gasteiger charge is 2.37. The van der Waals surface area contributed by atoms with Gasteiger partial charge in [0.1, 0.15) is 5.82 Å². The average molecular weight is 577 g/mol. The van der Waals surface area contributed by atoms with Gasteiger partial charge >= 0.3 is 0 Å². The smallest absolute Gasteiger partial charge is 0.146 e. The molecular weight excluding hydrogens is 544 g/mol. The minimum absolute atomic E-state index is 0.0655. The molecule has 45 heavy (non-hydrogen) atoms. The summed E-state index contributed by atoms with van der Waals surface area (Å²) in [6.45, 7) is 6.92. The largest absolute Gasteiger partial charge is 0.292 e. The second-order valence-corrected chi connectivity index (χ2v) is 12.8. The third kappa shape index (κ3) is 3.66. The molecule has 0 spiro atoms. The molecule has 7 aromatic carbocycles. The first kappa shape index (κ1) is 26.0. The van der Waals surface area contributed by atoms with Gasteiger partial charge < -0.3 is 0 Å². The fourth-order valence-corrected chi connectivity index (χ4v) is 7.82. The molecule has 214 valence electrons. The Morgan fingerprint density at radius 1 is 0.511 bits per heavy atom. The van der Waals surface area contributed by atoms with Crippen LogP contribution < -0.4 is 0 Å². The van der Waals surface area contributed by atoms with Gasteiger partial charge in [-0.25, -0.2) is 4.98 Å². The van der Waals surface area contributed by atoms with Gasteiger partial charge in [0.2, 0.25) is 0 Å². The van der Waals surface area contributed by atoms with Gasteiger partial charge in [-0.1, -0.05) is 135 Å². The Morgan fingerprint density at radius 2 is 1.16 bits per heavy atom. The van der Waals surface area contributed by atoms with Gasteiger partial charge in [-0.2, -0.15) is 0 Å². The summed E-state index contributed by atoms with van der Waals surface area (Å²) in [6, 6.07) is 50.8. The summed E-state index contributed by atoms with van der Waals surface area (Å²) < 4.78 is 2.33. The van der Waals surface area contributed by atoms with Crippen molar-refractivity contribution in [3.8, 4) is 39.3 Å². The maximum atomic E-state index is 5.35. The number of aryl methyl sites for hydroxylation is 1. The van der Waals surface area contributed by atoms with Crippen molar-refractivity contribution in [2.45, 2.75) is 26.2 Å². The molecule has 0 atom stereocenters. The lowest BCUT2D eigenvalue weighted by Gasteiger charge is -2.23. The zero-order valence-corrected chi connectivity index (χ0v) is 25.7. The van der Waals surface area contributed by atoms with Crippen LogP contribution >= 0.6 is 0 Å². The average Bonchev–Trinajstić information content (AvgIpc) is 3.57. The summed E-state index contributed by atoms with van der Waals surface area (Å²) in [5, 5.41) is 4.92. The van der Waals surface area contributed by atoms with E-state index in [2.05, 4.69) is 165 Å². The lowest BCUT2D eigenvalue weighted by molar-refractivity contribution is 0.660. The minimum atomic E-state index is -0.0655. The van der Waals surface area contributed by atoms with Crippen LogP contribution in [0.15, 0.2) is 140 Å². The van der Waals surface area contributed by atoms with E-state index in [1.807, 2.05) is 0 Å². The molecule has 0 saturated heterocycles. The van der Waals surface area contributed by atoms with Crippen molar-refractivity contribution in [2.24, 2.45) is 0 Å². The van der Waals surface area contributed by atoms with E-state index >= 15 is 0 Å². The first-order valence-electron chi connectivity index (χ1n) is 15.7. The Morgan fingerprint density at radius 3 is 2.00 bits per heavy atom. The van der Waals surface area contributed by atoms with Crippen molar-refractivity contribution in [3.63, 3.8) is 0 Å². The summed E-state index contributed by atoms with van der Waals surface area (Å²) >= 11 is 0. The van der Waals surface area contributed by atoms with E-state index in [9.17, 15) is 0 Å². The molecule has 1 aliphatic carbocycles. The summed E-state index contributed by atoms with van der Waals surface area (Å²) in [4.78, 5) is 5.35. The highest BCUT2D eigenvalue weighted by Crippen LogP contribution is 2.54. The number of hydrogen-bond donors (Lipinski definition) is 0. The van der Waals surface area contributed by atoms with Crippen LogP contribution in [0.3, 0.4) is 0 Å². The van der Waals surface area contributed by atoms with Crippen molar-refractivity contribution >= 4 is 32.6 Å². The predicted molar refractivity (Wildman–Crippen MR) is 189 cm³/mol. The number of imidazole rings is 1. The van der Waals surface area contributed by atoms with Crippen molar-refractivity contribution in [1.29, 1.82) is 0 Å². The molecule has 2 nitrogen and oxygen atoms in total. The van der Waals surface area contributed by atoms with Gasteiger partial charge in [-0.05, 0) is 86.1 Å². The zero-order valence-electron chi connectivity index (χ0n) is 25.7. The molecule has 2 heteroatoms. The Balaban J connectivity index is 1.46. The molecule has 0 saturated carbocycles. The van der Waals surface area contributed by atoms with E-state index in [-0.39, 0.29) is 5.41 Å². The summed E-state index contributed by atoms with van der Waals surface area (Å²) in [5.74, 6) is 0.962. The Kier molecular flexibility index (Phi) is 5.49. The third-order valence-corrected chi connectivity index (χ3v) is 9.86. The van der Waals surface area contributed by atoms with E-state index in [1.54, 1.807) is 0 Å². The maximum absolute atomic E-state index is 5.35. The molecule has 0 fully saturated rings. The number of hydrogen-bond acceptors (Lipinski definition) is 1. The number of fused-ring (bicyclic) bond motifs is 6. The number of benzene rings is 7. The molecule has 0 bridgehead atoms. The van der Waals surface area contributed by atoms with Crippen LogP contribution in [-0.2, 0) is 5.41 Å². The minimum Gasteiger partial charge on any atom is -0.292 e. The standard InChI is InChI=1S/C43H32N2/c1-27-24-25-31-34(26-27)39(33-19-13-21-36-40(33)32-18-9-10-20-35(32)43(36,2)3)29-16-7-8-17-30(29)41(31)42-44-37-22-11-12-23-38(37)45(42)28-14-5-4-6-15-28/h4-26H,1-3H3. The monoisotopic (exact) mass is 576 g/mol. The normalized spacial score (nSPS) is 13.4. The third-order valence-electron chi connectivity index (χ3n) is 9.86. The van der Waals surface area contributed by atoms with Gasteiger partial charge in [0.05, 0.1) is 11.0 Å². The van der Waals surface area contributed by atoms with Gasteiger partial charge in [0.25, 0.3) is 0 Å². The van der Waals surface area contributed by atoms with Crippen molar-refractivity contribution in [1.82, 2.24) is 9.55 Å². The molecular formula is C43H32N2. The summed E-state index contributed by atoms with van der Waals surface area (Å²) in [7, 11) is 0. The van der Waals surface area contributed by atoms with E-state index in [1.165, 1.54) is 60.5 Å². The highest BCUT2D eigenvalue weighted by atomic mass is 15.1. The molecule has 1 heterocycles. The number of para-hydroxylation sites is 3. The van der Waals surface area contributed by atoms with E-state index in [0.717, 1.165) is 28.1 Å². The molecule has 0 radical (unpaired) electrons. The lowest BCUT2D eigenvalue weighted by Crippen LogP contribution is -2.14. The second kappa shape index (κ2) is 9.51. The maximum Gasteiger partial charge on any atom is 0.146 e. The Labute approximate surface area is 263 Å². The fourth-order valence-electron chi connectivity index (χ4n) is 7.82. The predicted octanol–water partition coefficient (Wildman–Crippen LogP) is 11.3. The van der Waals surface area contributed by atoms with Crippen molar-refractivity contribution in [3.05, 3.63) is 156 Å². The number of nitrogens with zero attached hydrogens (tertiary/aromatic N) is 2. The fraction of sp³-hybridized carbons (Fsp3) is 0.0930. The van der Waals surface area contributed by atoms with Gasteiger partial charge in [0.15, 0.2) is 0 Å². The van der Waals surface area contributed by atoms with Crippen LogP contribution in [0.5, 0.6) is 0 Å². The number of rotatable bonds is 3. The quantitative estimate of drug-likeness (QED) is 0.191. The molecule has 9 rings (SSSR count). The van der Waals surface area contributed by atoms with Crippen molar-refractivity contribution < 1.29 is 0 Å².